The van der Waals surface area contributed by atoms with E-state index in [2.05, 4.69) is 19.9 Å². The molecule has 0 aliphatic rings. The van der Waals surface area contributed by atoms with Crippen molar-refractivity contribution in [1.29, 1.82) is 0 Å². The van der Waals surface area contributed by atoms with Crippen LogP contribution in [0, 0.1) is 13.8 Å². The predicted molar refractivity (Wildman–Crippen MR) is 169 cm³/mol. The van der Waals surface area contributed by atoms with Gasteiger partial charge in [0, 0.05) is 83.4 Å². The number of methoxy groups -OCH3 is 2. The van der Waals surface area contributed by atoms with Crippen LogP contribution in [0.4, 0.5) is 0 Å². The van der Waals surface area contributed by atoms with Crippen LogP contribution >= 0.6 is 22.7 Å². The molecule has 0 amide bonds. The van der Waals surface area contributed by atoms with Crippen molar-refractivity contribution in [3.63, 3.8) is 0 Å². The second-order valence-corrected chi connectivity index (χ2v) is 11.3. The molecule has 0 aliphatic heterocycles. The van der Waals surface area contributed by atoms with Crippen molar-refractivity contribution in [2.45, 2.75) is 27.2 Å². The molecule has 0 aromatic carbocycles. The summed E-state index contributed by atoms with van der Waals surface area (Å²) in [6.45, 7) is 5.27. The number of ether oxygens (including phenoxy) is 2. The Labute approximate surface area is 255 Å². The normalized spacial score (nSPS) is 10.7. The van der Waals surface area contributed by atoms with Crippen molar-refractivity contribution in [2.24, 2.45) is 0 Å². The SMILES string of the molecule is CC(=O)c1sc(-c2cccnc2)nc1C.COC(OC)N(C)C.Cc1nc(-c2cccnc2)sc1C(=O)/C=C/N(C)C. The summed E-state index contributed by atoms with van der Waals surface area (Å²) in [5.74, 6) is 0.0546. The van der Waals surface area contributed by atoms with Crippen LogP contribution in [0.3, 0.4) is 0 Å². The van der Waals surface area contributed by atoms with Crippen molar-refractivity contribution >= 4 is 34.2 Å². The van der Waals surface area contributed by atoms with Gasteiger partial charge in [-0.25, -0.2) is 9.97 Å². The first-order valence-corrected chi connectivity index (χ1v) is 14.5. The minimum absolute atomic E-state index is 0.0150. The third-order valence-corrected chi connectivity index (χ3v) is 7.83. The van der Waals surface area contributed by atoms with Gasteiger partial charge < -0.3 is 14.4 Å². The topological polar surface area (TPSA) is 111 Å². The van der Waals surface area contributed by atoms with Crippen molar-refractivity contribution in [1.82, 2.24) is 29.7 Å². The highest BCUT2D eigenvalue weighted by Gasteiger charge is 2.14. The van der Waals surface area contributed by atoms with E-state index in [1.165, 1.54) is 22.7 Å². The summed E-state index contributed by atoms with van der Waals surface area (Å²) in [4.78, 5) is 45.3. The number of hydrogen-bond acceptors (Lipinski definition) is 12. The Morgan fingerprint density at radius 1 is 0.833 bits per heavy atom. The van der Waals surface area contributed by atoms with Gasteiger partial charge in [-0.2, -0.15) is 0 Å². The number of hydrogen-bond donors (Lipinski definition) is 0. The average molecular weight is 611 g/mol. The van der Waals surface area contributed by atoms with Crippen LogP contribution in [0.15, 0.2) is 61.3 Å². The highest BCUT2D eigenvalue weighted by atomic mass is 32.1. The lowest BCUT2D eigenvalue weighted by Gasteiger charge is -2.19. The van der Waals surface area contributed by atoms with Gasteiger partial charge in [0.25, 0.3) is 0 Å². The van der Waals surface area contributed by atoms with E-state index in [0.29, 0.717) is 4.88 Å². The summed E-state index contributed by atoms with van der Waals surface area (Å²) in [6.07, 6.45) is 10.0. The van der Waals surface area contributed by atoms with Gasteiger partial charge in [0.2, 0.25) is 6.41 Å². The van der Waals surface area contributed by atoms with Crippen molar-refractivity contribution in [3.8, 4) is 21.1 Å². The number of thiazole rings is 2. The zero-order chi connectivity index (χ0) is 31.2. The quantitative estimate of drug-likeness (QED) is 0.135. The first-order valence-electron chi connectivity index (χ1n) is 12.9. The molecule has 0 spiro atoms. The molecule has 4 aromatic rings. The second kappa shape index (κ2) is 17.3. The van der Waals surface area contributed by atoms with Crippen LogP contribution in [-0.2, 0) is 9.47 Å². The summed E-state index contributed by atoms with van der Waals surface area (Å²) in [5, 5.41) is 1.68. The van der Waals surface area contributed by atoms with Gasteiger partial charge in [-0.1, -0.05) is 0 Å². The van der Waals surface area contributed by atoms with E-state index in [9.17, 15) is 9.59 Å². The Kier molecular flexibility index (Phi) is 14.2. The molecule has 0 unspecified atom stereocenters. The fourth-order valence-electron chi connectivity index (χ4n) is 3.38. The van der Waals surface area contributed by atoms with Crippen LogP contribution in [0.1, 0.15) is 37.7 Å². The number of rotatable bonds is 9. The largest absolute Gasteiger partial charge is 0.383 e. The number of pyridine rings is 2. The standard InChI is InChI=1S/C14H15N3OS.C11H10N2OS.C5H13NO2/c1-10-13(12(18)6-8-17(2)3)19-14(16-10)11-5-4-7-15-9-11;1-7-10(8(2)14)15-11(13-7)9-4-3-5-12-6-9;1-6(2)5(7-3)8-4/h4-9H,1-3H3;3-6H,1-2H3;5H,1-4H3/b8-6+;;. The molecule has 224 valence electrons. The van der Waals surface area contributed by atoms with Gasteiger partial charge in [-0.05, 0) is 52.2 Å². The van der Waals surface area contributed by atoms with Crippen molar-refractivity contribution < 1.29 is 19.1 Å². The number of carbonyl (C=O) groups is 2. The van der Waals surface area contributed by atoms with Gasteiger partial charge >= 0.3 is 0 Å². The summed E-state index contributed by atoms with van der Waals surface area (Å²) in [6, 6.07) is 7.60. The Morgan fingerprint density at radius 3 is 1.64 bits per heavy atom. The molecule has 0 bridgehead atoms. The lowest BCUT2D eigenvalue weighted by atomic mass is 10.2. The minimum Gasteiger partial charge on any atom is -0.383 e. The molecule has 4 heterocycles. The van der Waals surface area contributed by atoms with Gasteiger partial charge in [0.05, 0.1) is 21.1 Å². The lowest BCUT2D eigenvalue weighted by Crippen LogP contribution is -2.30. The van der Waals surface area contributed by atoms with Crippen LogP contribution < -0.4 is 0 Å². The summed E-state index contributed by atoms with van der Waals surface area (Å²) in [5.41, 5.74) is 3.45. The lowest BCUT2D eigenvalue weighted by molar-refractivity contribution is -0.179. The van der Waals surface area contributed by atoms with Crippen LogP contribution in [-0.4, -0.2) is 90.1 Å². The van der Waals surface area contributed by atoms with Gasteiger partial charge in [-0.3, -0.25) is 24.5 Å². The third kappa shape index (κ3) is 10.6. The number of aryl methyl sites for hydroxylation is 2. The summed E-state index contributed by atoms with van der Waals surface area (Å²) >= 11 is 2.82. The summed E-state index contributed by atoms with van der Waals surface area (Å²) in [7, 11) is 10.7. The molecule has 0 N–H and O–H groups in total. The molecule has 4 aromatic heterocycles. The highest BCUT2D eigenvalue weighted by Crippen LogP contribution is 2.28. The first-order chi connectivity index (χ1) is 20.0. The second-order valence-electron chi connectivity index (χ2n) is 9.29. The van der Waals surface area contributed by atoms with E-state index in [0.717, 1.165) is 37.4 Å². The van der Waals surface area contributed by atoms with E-state index in [-0.39, 0.29) is 18.0 Å². The van der Waals surface area contributed by atoms with Gasteiger partial charge in [0.15, 0.2) is 11.6 Å². The predicted octanol–water partition coefficient (Wildman–Crippen LogP) is 5.61. The molecular formula is C30H38N6O4S2. The number of Topliss-reactive ketones (excluding diaryl/α,β-unsaturated/α-hetero) is 1. The monoisotopic (exact) mass is 610 g/mol. The summed E-state index contributed by atoms with van der Waals surface area (Å²) < 4.78 is 9.73. The van der Waals surface area contributed by atoms with Crippen LogP contribution in [0.25, 0.3) is 21.1 Å². The molecule has 12 heteroatoms. The number of allylic oxidation sites excluding steroid dienone is 1. The maximum atomic E-state index is 12.1. The molecule has 0 radical (unpaired) electrons. The molecule has 0 aliphatic carbocycles. The zero-order valence-electron chi connectivity index (χ0n) is 25.5. The number of carbonyl (C=O) groups excluding carboxylic acids is 2. The molecule has 0 saturated carbocycles. The van der Waals surface area contributed by atoms with Gasteiger partial charge in [-0.15, -0.1) is 22.7 Å². The molecule has 4 rings (SSSR count). The third-order valence-electron chi connectivity index (χ3n) is 5.30. The first kappa shape index (κ1) is 34.5. The van der Waals surface area contributed by atoms with E-state index in [1.54, 1.807) is 58.2 Å². The Bertz CT molecular complexity index is 1430. The molecule has 0 saturated heterocycles. The smallest absolute Gasteiger partial charge is 0.217 e. The minimum atomic E-state index is -0.213. The van der Waals surface area contributed by atoms with Crippen LogP contribution in [0.2, 0.25) is 0 Å². The number of nitrogens with zero attached hydrogens (tertiary/aromatic N) is 6. The zero-order valence-corrected chi connectivity index (χ0v) is 27.1. The van der Waals surface area contributed by atoms with E-state index in [1.807, 2.05) is 76.1 Å². The van der Waals surface area contributed by atoms with E-state index < -0.39 is 0 Å². The molecule has 0 atom stereocenters. The van der Waals surface area contributed by atoms with Gasteiger partial charge in [0.1, 0.15) is 10.0 Å². The van der Waals surface area contributed by atoms with E-state index in [4.69, 9.17) is 9.47 Å². The molecule has 42 heavy (non-hydrogen) atoms. The Balaban J connectivity index is 0.000000239. The molecular weight excluding hydrogens is 573 g/mol. The van der Waals surface area contributed by atoms with E-state index >= 15 is 0 Å². The fourth-order valence-corrected chi connectivity index (χ4v) is 5.31. The Morgan fingerprint density at radius 2 is 1.31 bits per heavy atom. The Hall–Kier alpha value is -3.68. The number of ketones is 2. The average Bonchev–Trinajstić information content (AvgIpc) is 3.57. The molecule has 0 fully saturated rings. The fraction of sp³-hybridized carbons (Fsp3) is 0.333. The number of aromatic nitrogens is 4. The highest BCUT2D eigenvalue weighted by molar-refractivity contribution is 7.17. The van der Waals surface area contributed by atoms with Crippen molar-refractivity contribution in [3.05, 3.63) is 82.5 Å². The maximum Gasteiger partial charge on any atom is 0.217 e. The molecule has 10 nitrogen and oxygen atoms in total. The van der Waals surface area contributed by atoms with Crippen LogP contribution in [0.5, 0.6) is 0 Å². The van der Waals surface area contributed by atoms with Crippen molar-refractivity contribution in [2.75, 3.05) is 42.4 Å². The maximum absolute atomic E-state index is 12.1.